The van der Waals surface area contributed by atoms with Crippen LogP contribution >= 0.6 is 0 Å². The molecular weight excluding hydrogens is 260 g/mol. The fourth-order valence-corrected chi connectivity index (χ4v) is 1.71. The van der Waals surface area contributed by atoms with Gasteiger partial charge in [0.2, 0.25) is 0 Å². The van der Waals surface area contributed by atoms with E-state index < -0.39 is 12.1 Å². The summed E-state index contributed by atoms with van der Waals surface area (Å²) < 4.78 is 10.4. The molecule has 1 aromatic heterocycles. The third-order valence-electron chi connectivity index (χ3n) is 2.61. The van der Waals surface area contributed by atoms with Crippen molar-refractivity contribution in [2.45, 2.75) is 6.92 Å². The maximum Gasteiger partial charge on any atom is 0.435 e. The molecule has 0 N–H and O–H groups in total. The lowest BCUT2D eigenvalue weighted by atomic mass is 10.1. The molecule has 0 radical (unpaired) electrons. The maximum absolute atomic E-state index is 11.8. The molecule has 0 atom stereocenters. The van der Waals surface area contributed by atoms with E-state index in [2.05, 4.69) is 9.84 Å². The van der Waals surface area contributed by atoms with Crippen LogP contribution in [0.5, 0.6) is 0 Å². The van der Waals surface area contributed by atoms with Gasteiger partial charge in [-0.05, 0) is 13.0 Å². The van der Waals surface area contributed by atoms with Crippen LogP contribution in [0.4, 0.5) is 4.79 Å². The van der Waals surface area contributed by atoms with Crippen LogP contribution in [0.1, 0.15) is 17.4 Å². The topological polar surface area (TPSA) is 70.4 Å². The fraction of sp³-hybridized carbons (Fsp3) is 0.214. The van der Waals surface area contributed by atoms with Crippen molar-refractivity contribution in [3.05, 3.63) is 42.1 Å². The summed E-state index contributed by atoms with van der Waals surface area (Å²) in [6.45, 7) is 1.90. The Labute approximate surface area is 115 Å². The molecule has 2 aromatic rings. The van der Waals surface area contributed by atoms with Gasteiger partial charge >= 0.3 is 12.1 Å². The van der Waals surface area contributed by atoms with Crippen LogP contribution in [-0.4, -0.2) is 35.6 Å². The van der Waals surface area contributed by atoms with Gasteiger partial charge in [0, 0.05) is 5.56 Å². The summed E-state index contributed by atoms with van der Waals surface area (Å²) in [5, 5.41) is 4.10. The lowest BCUT2D eigenvalue weighted by molar-refractivity contribution is 0.0510. The van der Waals surface area contributed by atoms with Gasteiger partial charge in [-0.25, -0.2) is 9.59 Å². The second-order valence-corrected chi connectivity index (χ2v) is 3.88. The summed E-state index contributed by atoms with van der Waals surface area (Å²) in [6, 6.07) is 10.7. The predicted molar refractivity (Wildman–Crippen MR) is 71.4 cm³/mol. The highest BCUT2D eigenvalue weighted by atomic mass is 16.5. The third-order valence-corrected chi connectivity index (χ3v) is 2.61. The number of methoxy groups -OCH3 is 1. The first-order chi connectivity index (χ1) is 9.67. The Kier molecular flexibility index (Phi) is 4.14. The number of hydrogen-bond donors (Lipinski definition) is 0. The van der Waals surface area contributed by atoms with E-state index in [-0.39, 0.29) is 12.3 Å². The number of hydrogen-bond acceptors (Lipinski definition) is 5. The predicted octanol–water partition coefficient (Wildman–Crippen LogP) is 2.34. The average Bonchev–Trinajstić information content (AvgIpc) is 2.93. The Morgan fingerprint density at radius 1 is 1.25 bits per heavy atom. The summed E-state index contributed by atoms with van der Waals surface area (Å²) in [6.07, 6.45) is -0.741. The number of carbonyl (C=O) groups excluding carboxylic acids is 2. The van der Waals surface area contributed by atoms with Crippen LogP contribution in [-0.2, 0) is 9.47 Å². The minimum Gasteiger partial charge on any atom is -0.461 e. The number of benzene rings is 1. The monoisotopic (exact) mass is 274 g/mol. The van der Waals surface area contributed by atoms with Gasteiger partial charge in [0.1, 0.15) is 0 Å². The van der Waals surface area contributed by atoms with E-state index >= 15 is 0 Å². The molecule has 2 rings (SSSR count). The van der Waals surface area contributed by atoms with Gasteiger partial charge in [-0.3, -0.25) is 0 Å². The zero-order valence-corrected chi connectivity index (χ0v) is 11.2. The summed E-state index contributed by atoms with van der Waals surface area (Å²) in [4.78, 5) is 23.5. The molecule has 0 saturated heterocycles. The normalized spacial score (nSPS) is 10.1. The molecule has 0 amide bonds. The molecule has 0 aliphatic carbocycles. The quantitative estimate of drug-likeness (QED) is 0.803. The van der Waals surface area contributed by atoms with Crippen molar-refractivity contribution >= 4 is 12.1 Å². The Morgan fingerprint density at radius 3 is 2.55 bits per heavy atom. The molecule has 1 heterocycles. The van der Waals surface area contributed by atoms with Gasteiger partial charge in [-0.1, -0.05) is 30.3 Å². The van der Waals surface area contributed by atoms with Gasteiger partial charge in [-0.15, -0.1) is 0 Å². The van der Waals surface area contributed by atoms with Crippen LogP contribution in [0.25, 0.3) is 11.3 Å². The number of esters is 1. The number of nitrogens with zero attached hydrogens (tertiary/aromatic N) is 2. The molecule has 0 fully saturated rings. The summed E-state index contributed by atoms with van der Waals surface area (Å²) >= 11 is 0. The van der Waals surface area contributed by atoms with E-state index in [0.717, 1.165) is 10.2 Å². The van der Waals surface area contributed by atoms with Crippen molar-refractivity contribution in [1.82, 2.24) is 9.78 Å². The molecule has 6 heteroatoms. The van der Waals surface area contributed by atoms with Crippen molar-refractivity contribution in [3.8, 4) is 11.3 Å². The molecule has 20 heavy (non-hydrogen) atoms. The number of rotatable bonds is 3. The number of ether oxygens (including phenoxy) is 2. The molecule has 104 valence electrons. The smallest absolute Gasteiger partial charge is 0.435 e. The Balaban J connectivity index is 2.47. The molecule has 0 aliphatic heterocycles. The van der Waals surface area contributed by atoms with Crippen LogP contribution < -0.4 is 0 Å². The molecule has 0 aliphatic rings. The van der Waals surface area contributed by atoms with Crippen molar-refractivity contribution in [2.24, 2.45) is 0 Å². The van der Waals surface area contributed by atoms with E-state index in [1.54, 1.807) is 6.92 Å². The molecule has 0 unspecified atom stereocenters. The highest BCUT2D eigenvalue weighted by molar-refractivity contribution is 5.92. The van der Waals surface area contributed by atoms with Crippen molar-refractivity contribution < 1.29 is 19.1 Å². The first kappa shape index (κ1) is 13.8. The number of carbonyl (C=O) groups is 2. The van der Waals surface area contributed by atoms with Crippen molar-refractivity contribution in [2.75, 3.05) is 13.7 Å². The SMILES string of the molecule is CCOC(=O)c1cc(-c2ccccc2)nn1C(=O)OC. The van der Waals surface area contributed by atoms with Gasteiger partial charge in [-0.2, -0.15) is 9.78 Å². The standard InChI is InChI=1S/C14H14N2O4/c1-3-20-13(17)12-9-11(10-7-5-4-6-8-10)15-16(12)14(18)19-2/h4-9H,3H2,1-2H3. The molecule has 0 bridgehead atoms. The van der Waals surface area contributed by atoms with Gasteiger partial charge in [0.15, 0.2) is 5.69 Å². The lowest BCUT2D eigenvalue weighted by Crippen LogP contribution is -2.20. The van der Waals surface area contributed by atoms with Crippen LogP contribution in [0.3, 0.4) is 0 Å². The molecule has 0 spiro atoms. The fourth-order valence-electron chi connectivity index (χ4n) is 1.71. The molecule has 0 saturated carbocycles. The van der Waals surface area contributed by atoms with Crippen molar-refractivity contribution in [3.63, 3.8) is 0 Å². The van der Waals surface area contributed by atoms with Gasteiger partial charge < -0.3 is 9.47 Å². The van der Waals surface area contributed by atoms with Gasteiger partial charge in [0.25, 0.3) is 0 Å². The van der Waals surface area contributed by atoms with E-state index in [1.807, 2.05) is 30.3 Å². The third kappa shape index (κ3) is 2.69. The minimum absolute atomic E-state index is 0.0394. The van der Waals surface area contributed by atoms with E-state index in [1.165, 1.54) is 13.2 Å². The molecular formula is C14H14N2O4. The summed E-state index contributed by atoms with van der Waals surface area (Å²) in [5.74, 6) is -0.618. The number of aromatic nitrogens is 2. The van der Waals surface area contributed by atoms with E-state index in [4.69, 9.17) is 4.74 Å². The van der Waals surface area contributed by atoms with Crippen molar-refractivity contribution in [1.29, 1.82) is 0 Å². The lowest BCUT2D eigenvalue weighted by Gasteiger charge is -2.03. The van der Waals surface area contributed by atoms with Gasteiger partial charge in [0.05, 0.1) is 19.4 Å². The van der Waals surface area contributed by atoms with Crippen LogP contribution in [0.2, 0.25) is 0 Å². The maximum atomic E-state index is 11.8. The Bertz CT molecular complexity index is 619. The molecule has 6 nitrogen and oxygen atoms in total. The first-order valence-electron chi connectivity index (χ1n) is 6.08. The van der Waals surface area contributed by atoms with E-state index in [0.29, 0.717) is 5.69 Å². The Hall–Kier alpha value is -2.63. The second kappa shape index (κ2) is 6.01. The summed E-state index contributed by atoms with van der Waals surface area (Å²) in [7, 11) is 1.22. The van der Waals surface area contributed by atoms with Crippen LogP contribution in [0, 0.1) is 0 Å². The van der Waals surface area contributed by atoms with Crippen LogP contribution in [0.15, 0.2) is 36.4 Å². The first-order valence-corrected chi connectivity index (χ1v) is 6.08. The summed E-state index contributed by atoms with van der Waals surface area (Å²) in [5.41, 5.74) is 1.33. The van der Waals surface area contributed by atoms with E-state index in [9.17, 15) is 9.59 Å². The zero-order chi connectivity index (χ0) is 14.5. The second-order valence-electron chi connectivity index (χ2n) is 3.88. The average molecular weight is 274 g/mol. The largest absolute Gasteiger partial charge is 0.461 e. The minimum atomic E-state index is -0.741. The Morgan fingerprint density at radius 2 is 1.95 bits per heavy atom. The highest BCUT2D eigenvalue weighted by Crippen LogP contribution is 2.19. The molecule has 1 aromatic carbocycles. The highest BCUT2D eigenvalue weighted by Gasteiger charge is 2.21. The zero-order valence-electron chi connectivity index (χ0n) is 11.2.